The zero-order chi connectivity index (χ0) is 16.9. The molecule has 0 unspecified atom stereocenters. The van der Waals surface area contributed by atoms with Crippen LogP contribution in [0.4, 0.5) is 10.1 Å². The van der Waals surface area contributed by atoms with Gasteiger partial charge in [0.2, 0.25) is 15.9 Å². The van der Waals surface area contributed by atoms with Crippen molar-refractivity contribution in [1.29, 1.82) is 0 Å². The van der Waals surface area contributed by atoms with Gasteiger partial charge in [-0.05, 0) is 37.5 Å². The first-order valence-electron chi connectivity index (χ1n) is 7.96. The van der Waals surface area contributed by atoms with Crippen LogP contribution in [0, 0.1) is 11.7 Å². The minimum Gasteiger partial charge on any atom is -0.326 e. The third kappa shape index (κ3) is 5.00. The smallest absolute Gasteiger partial charge is 0.228 e. The molecule has 1 aliphatic heterocycles. The lowest BCUT2D eigenvalue weighted by molar-refractivity contribution is -0.120. The van der Waals surface area contributed by atoms with Crippen LogP contribution in [0.1, 0.15) is 32.6 Å². The maximum absolute atomic E-state index is 13.2. The summed E-state index contributed by atoms with van der Waals surface area (Å²) in [5, 5.41) is 2.67. The van der Waals surface area contributed by atoms with E-state index in [9.17, 15) is 17.6 Å². The molecule has 1 aromatic carbocycles. The van der Waals surface area contributed by atoms with Crippen molar-refractivity contribution in [3.63, 3.8) is 0 Å². The number of nitrogens with zero attached hydrogens (tertiary/aromatic N) is 1. The summed E-state index contributed by atoms with van der Waals surface area (Å²) in [6.07, 6.45) is 2.74. The van der Waals surface area contributed by atoms with E-state index in [1.807, 2.05) is 6.92 Å². The Kier molecular flexibility index (Phi) is 6.12. The molecule has 1 N–H and O–H groups in total. The summed E-state index contributed by atoms with van der Waals surface area (Å²) >= 11 is 0. The number of sulfonamides is 1. The van der Waals surface area contributed by atoms with E-state index >= 15 is 0 Å². The Morgan fingerprint density at radius 3 is 2.91 bits per heavy atom. The van der Waals surface area contributed by atoms with Crippen molar-refractivity contribution in [3.05, 3.63) is 30.1 Å². The quantitative estimate of drug-likeness (QED) is 0.864. The highest BCUT2D eigenvalue weighted by molar-refractivity contribution is 7.89. The van der Waals surface area contributed by atoms with E-state index in [0.29, 0.717) is 31.5 Å². The third-order valence-electron chi connectivity index (χ3n) is 4.00. The maximum Gasteiger partial charge on any atom is 0.228 e. The van der Waals surface area contributed by atoms with E-state index in [1.165, 1.54) is 22.5 Å². The molecule has 0 aliphatic carbocycles. The van der Waals surface area contributed by atoms with Gasteiger partial charge in [-0.2, -0.15) is 0 Å². The molecule has 2 rings (SSSR count). The Hall–Kier alpha value is -1.47. The molecule has 23 heavy (non-hydrogen) atoms. The topological polar surface area (TPSA) is 66.5 Å². The largest absolute Gasteiger partial charge is 0.326 e. The molecule has 5 nitrogen and oxygen atoms in total. The van der Waals surface area contributed by atoms with Gasteiger partial charge in [-0.15, -0.1) is 0 Å². The van der Waals surface area contributed by atoms with Crippen LogP contribution >= 0.6 is 0 Å². The number of hydrogen-bond donors (Lipinski definition) is 1. The van der Waals surface area contributed by atoms with Gasteiger partial charge in [0.05, 0.1) is 11.7 Å². The second kappa shape index (κ2) is 7.88. The van der Waals surface area contributed by atoms with Gasteiger partial charge in [-0.3, -0.25) is 4.79 Å². The first-order valence-corrected chi connectivity index (χ1v) is 9.57. The number of carbonyl (C=O) groups excluding carboxylic acids is 1. The molecule has 0 radical (unpaired) electrons. The molecule has 1 saturated heterocycles. The minimum absolute atomic E-state index is 0.127. The molecule has 1 aromatic rings. The van der Waals surface area contributed by atoms with Gasteiger partial charge < -0.3 is 5.32 Å². The fourth-order valence-corrected chi connectivity index (χ4v) is 4.40. The van der Waals surface area contributed by atoms with Crippen molar-refractivity contribution in [2.45, 2.75) is 32.6 Å². The van der Waals surface area contributed by atoms with E-state index < -0.39 is 21.8 Å². The van der Waals surface area contributed by atoms with E-state index in [1.54, 1.807) is 6.07 Å². The summed E-state index contributed by atoms with van der Waals surface area (Å²) in [6.45, 7) is 2.62. The lowest BCUT2D eigenvalue weighted by atomic mass is 9.99. The number of amides is 1. The van der Waals surface area contributed by atoms with Crippen LogP contribution in [-0.4, -0.2) is 37.5 Å². The van der Waals surface area contributed by atoms with Gasteiger partial charge in [0.25, 0.3) is 0 Å². The van der Waals surface area contributed by atoms with Crippen molar-refractivity contribution in [3.8, 4) is 0 Å². The monoisotopic (exact) mass is 342 g/mol. The third-order valence-corrected chi connectivity index (χ3v) is 5.92. The predicted octanol–water partition coefficient (Wildman–Crippen LogP) is 2.61. The first-order chi connectivity index (χ1) is 10.9. The van der Waals surface area contributed by atoms with Crippen LogP contribution in [0.2, 0.25) is 0 Å². The summed E-state index contributed by atoms with van der Waals surface area (Å²) in [6, 6.07) is 5.68. The van der Waals surface area contributed by atoms with Crippen LogP contribution in [-0.2, 0) is 14.8 Å². The highest BCUT2D eigenvalue weighted by atomic mass is 32.2. The average Bonchev–Trinajstić information content (AvgIpc) is 2.53. The van der Waals surface area contributed by atoms with Crippen molar-refractivity contribution in [2.24, 2.45) is 5.92 Å². The zero-order valence-electron chi connectivity index (χ0n) is 13.3. The molecule has 1 fully saturated rings. The Bertz CT molecular complexity index is 648. The van der Waals surface area contributed by atoms with E-state index in [2.05, 4.69) is 5.32 Å². The highest BCUT2D eigenvalue weighted by Crippen LogP contribution is 2.22. The van der Waals surface area contributed by atoms with Crippen LogP contribution < -0.4 is 5.32 Å². The van der Waals surface area contributed by atoms with E-state index in [0.717, 1.165) is 6.42 Å². The number of piperidine rings is 1. The number of rotatable bonds is 6. The summed E-state index contributed by atoms with van der Waals surface area (Å²) in [5.41, 5.74) is 0.390. The van der Waals surface area contributed by atoms with Crippen LogP contribution in [0.3, 0.4) is 0 Å². The summed E-state index contributed by atoms with van der Waals surface area (Å²) in [5.74, 6) is -0.952. The predicted molar refractivity (Wildman–Crippen MR) is 88.0 cm³/mol. The van der Waals surface area contributed by atoms with Gasteiger partial charge in [0, 0.05) is 18.8 Å². The molecule has 0 aromatic heterocycles. The molecule has 0 spiro atoms. The molecule has 0 saturated carbocycles. The molecular weight excluding hydrogens is 319 g/mol. The number of anilines is 1. The van der Waals surface area contributed by atoms with E-state index in [-0.39, 0.29) is 18.2 Å². The van der Waals surface area contributed by atoms with Crippen LogP contribution in [0.15, 0.2) is 24.3 Å². The molecular formula is C16H23FN2O3S. The van der Waals surface area contributed by atoms with Gasteiger partial charge in [0.1, 0.15) is 5.82 Å². The Labute approximate surface area is 136 Å². The standard InChI is InChI=1S/C16H23FN2O3S/c1-2-3-10-23(21,22)19-9-5-6-13(12-19)16(20)18-15-8-4-7-14(17)11-15/h4,7-8,11,13H,2-3,5-6,9-10,12H2,1H3,(H,18,20)/t13-/m1/s1. The molecule has 7 heteroatoms. The summed E-state index contributed by atoms with van der Waals surface area (Å²) in [4.78, 5) is 12.3. The van der Waals surface area contributed by atoms with Gasteiger partial charge >= 0.3 is 0 Å². The number of benzene rings is 1. The zero-order valence-corrected chi connectivity index (χ0v) is 14.1. The van der Waals surface area contributed by atoms with Crippen LogP contribution in [0.5, 0.6) is 0 Å². The van der Waals surface area contributed by atoms with Gasteiger partial charge in [-0.1, -0.05) is 19.4 Å². The highest BCUT2D eigenvalue weighted by Gasteiger charge is 2.31. The molecule has 128 valence electrons. The SMILES string of the molecule is CCCCS(=O)(=O)N1CCC[C@@H](C(=O)Nc2cccc(F)c2)C1. The lowest BCUT2D eigenvalue weighted by Crippen LogP contribution is -2.44. The van der Waals surface area contributed by atoms with Crippen molar-refractivity contribution < 1.29 is 17.6 Å². The van der Waals surface area contributed by atoms with Gasteiger partial charge in [-0.25, -0.2) is 17.1 Å². The van der Waals surface area contributed by atoms with Crippen molar-refractivity contribution in [2.75, 3.05) is 24.2 Å². The summed E-state index contributed by atoms with van der Waals surface area (Å²) in [7, 11) is -3.30. The lowest BCUT2D eigenvalue weighted by Gasteiger charge is -2.31. The second-order valence-electron chi connectivity index (χ2n) is 5.87. The molecule has 1 aliphatic rings. The fraction of sp³-hybridized carbons (Fsp3) is 0.562. The van der Waals surface area contributed by atoms with Crippen molar-refractivity contribution in [1.82, 2.24) is 4.31 Å². The second-order valence-corrected chi connectivity index (χ2v) is 7.95. The first kappa shape index (κ1) is 17.9. The number of carbonyl (C=O) groups is 1. The maximum atomic E-state index is 13.2. The number of hydrogen-bond acceptors (Lipinski definition) is 3. The molecule has 1 heterocycles. The average molecular weight is 342 g/mol. The van der Waals surface area contributed by atoms with Crippen LogP contribution in [0.25, 0.3) is 0 Å². The fourth-order valence-electron chi connectivity index (χ4n) is 2.68. The number of halogens is 1. The minimum atomic E-state index is -3.30. The Morgan fingerprint density at radius 2 is 2.22 bits per heavy atom. The molecule has 0 bridgehead atoms. The van der Waals surface area contributed by atoms with Gasteiger partial charge in [0.15, 0.2) is 0 Å². The number of nitrogens with one attached hydrogen (secondary N) is 1. The molecule has 1 atom stereocenters. The normalized spacial score (nSPS) is 19.5. The molecule has 1 amide bonds. The summed E-state index contributed by atoms with van der Waals surface area (Å²) < 4.78 is 39.1. The number of unbranched alkanes of at least 4 members (excludes halogenated alkanes) is 1. The Balaban J connectivity index is 1.99. The Morgan fingerprint density at radius 1 is 1.43 bits per heavy atom. The van der Waals surface area contributed by atoms with Crippen molar-refractivity contribution >= 4 is 21.6 Å². The van der Waals surface area contributed by atoms with E-state index in [4.69, 9.17) is 0 Å².